The van der Waals surface area contributed by atoms with Crippen molar-refractivity contribution in [1.29, 1.82) is 0 Å². The fraction of sp³-hybridized carbons (Fsp3) is 0.130. The van der Waals surface area contributed by atoms with Gasteiger partial charge in [0.05, 0.1) is 0 Å². The first-order valence-electron chi connectivity index (χ1n) is 8.65. The summed E-state index contributed by atoms with van der Waals surface area (Å²) >= 11 is 0. The van der Waals surface area contributed by atoms with Crippen LogP contribution in [0, 0.1) is 6.92 Å². The number of hydrogen-bond acceptors (Lipinski definition) is 0. The Hall–Kier alpha value is -3.00. The van der Waals surface area contributed by atoms with E-state index >= 15 is 0 Å². The van der Waals surface area contributed by atoms with Gasteiger partial charge in [-0.1, -0.05) is 60.7 Å². The Morgan fingerprint density at radius 1 is 0.760 bits per heavy atom. The van der Waals surface area contributed by atoms with Gasteiger partial charge in [0, 0.05) is 42.4 Å². The maximum absolute atomic E-state index is 2.42. The Morgan fingerprint density at radius 3 is 2.08 bits per heavy atom. The maximum Gasteiger partial charge on any atom is 0.0496 e. The van der Waals surface area contributed by atoms with Crippen LogP contribution in [0.25, 0.3) is 22.5 Å². The lowest BCUT2D eigenvalue weighted by Gasteiger charge is -2.13. The van der Waals surface area contributed by atoms with Crippen LogP contribution in [-0.4, -0.2) is 9.13 Å². The number of rotatable bonds is 4. The summed E-state index contributed by atoms with van der Waals surface area (Å²) < 4.78 is 4.61. The maximum atomic E-state index is 2.42. The molecule has 0 saturated carbocycles. The normalized spacial score (nSPS) is 11.0. The minimum absolute atomic E-state index is 0.876. The summed E-state index contributed by atoms with van der Waals surface area (Å²) in [4.78, 5) is 0. The molecule has 4 rings (SSSR count). The molecule has 0 spiro atoms. The van der Waals surface area contributed by atoms with Gasteiger partial charge < -0.3 is 9.13 Å². The molecule has 2 aromatic carbocycles. The zero-order chi connectivity index (χ0) is 17.2. The van der Waals surface area contributed by atoms with Crippen molar-refractivity contribution in [2.24, 2.45) is 7.05 Å². The van der Waals surface area contributed by atoms with Gasteiger partial charge in [-0.15, -0.1) is 0 Å². The lowest BCUT2D eigenvalue weighted by molar-refractivity contribution is 0.784. The van der Waals surface area contributed by atoms with Gasteiger partial charge in [-0.05, 0) is 36.2 Å². The van der Waals surface area contributed by atoms with Gasteiger partial charge in [0.25, 0.3) is 0 Å². The Morgan fingerprint density at radius 2 is 1.44 bits per heavy atom. The van der Waals surface area contributed by atoms with E-state index in [-0.39, 0.29) is 0 Å². The van der Waals surface area contributed by atoms with Crippen molar-refractivity contribution < 1.29 is 0 Å². The Kier molecular flexibility index (Phi) is 4.02. The van der Waals surface area contributed by atoms with Crippen LogP contribution in [-0.2, 0) is 13.6 Å². The van der Waals surface area contributed by atoms with E-state index in [4.69, 9.17) is 0 Å². The highest BCUT2D eigenvalue weighted by molar-refractivity contribution is 5.73. The summed E-state index contributed by atoms with van der Waals surface area (Å²) in [6.45, 7) is 3.10. The van der Waals surface area contributed by atoms with E-state index in [1.807, 2.05) is 0 Å². The summed E-state index contributed by atoms with van der Waals surface area (Å²) in [5.41, 5.74) is 7.67. The third kappa shape index (κ3) is 2.91. The number of nitrogens with zero attached hydrogens (tertiary/aromatic N) is 2. The lowest BCUT2D eigenvalue weighted by atomic mass is 10.1. The Labute approximate surface area is 149 Å². The first kappa shape index (κ1) is 15.5. The number of benzene rings is 2. The highest BCUT2D eigenvalue weighted by Gasteiger charge is 2.16. The van der Waals surface area contributed by atoms with E-state index in [1.54, 1.807) is 0 Å². The predicted molar refractivity (Wildman–Crippen MR) is 105 cm³/mol. The van der Waals surface area contributed by atoms with Crippen LogP contribution in [0.15, 0.2) is 85.1 Å². The van der Waals surface area contributed by atoms with Crippen molar-refractivity contribution in [2.75, 3.05) is 0 Å². The van der Waals surface area contributed by atoms with Crippen molar-refractivity contribution in [1.82, 2.24) is 9.13 Å². The molecule has 0 radical (unpaired) electrons. The second-order valence-corrected chi connectivity index (χ2v) is 6.47. The van der Waals surface area contributed by atoms with Gasteiger partial charge in [0.15, 0.2) is 0 Å². The third-order valence-corrected chi connectivity index (χ3v) is 4.84. The Bertz CT molecular complexity index is 976. The third-order valence-electron chi connectivity index (χ3n) is 4.84. The summed E-state index contributed by atoms with van der Waals surface area (Å²) in [6, 6.07) is 27.9. The number of hydrogen-bond donors (Lipinski definition) is 0. The monoisotopic (exact) mass is 326 g/mol. The van der Waals surface area contributed by atoms with Crippen molar-refractivity contribution in [3.63, 3.8) is 0 Å². The van der Waals surface area contributed by atoms with Crippen LogP contribution >= 0.6 is 0 Å². The van der Waals surface area contributed by atoms with E-state index in [1.165, 1.54) is 33.8 Å². The zero-order valence-corrected chi connectivity index (χ0v) is 14.7. The molecule has 124 valence electrons. The minimum atomic E-state index is 0.876. The van der Waals surface area contributed by atoms with E-state index in [0.717, 1.165) is 6.54 Å². The van der Waals surface area contributed by atoms with E-state index in [2.05, 4.69) is 108 Å². The molecule has 0 fully saturated rings. The molecule has 2 heteroatoms. The van der Waals surface area contributed by atoms with Crippen LogP contribution < -0.4 is 0 Å². The van der Waals surface area contributed by atoms with Gasteiger partial charge in [-0.3, -0.25) is 0 Å². The van der Waals surface area contributed by atoms with Crippen molar-refractivity contribution >= 4 is 0 Å². The van der Waals surface area contributed by atoms with Crippen LogP contribution in [0.1, 0.15) is 11.3 Å². The molecule has 0 amide bonds. The second kappa shape index (κ2) is 6.48. The summed E-state index contributed by atoms with van der Waals surface area (Å²) in [7, 11) is 2.10. The molecule has 0 unspecified atom stereocenters. The predicted octanol–water partition coefficient (Wildman–Crippen LogP) is 5.52. The standard InChI is InChI=1S/C23H22N2/c1-18-21(22-14-9-15-24(22)2)16-23(20-12-7-4-8-13-20)25(18)17-19-10-5-3-6-11-19/h3-16H,17H2,1-2H3. The van der Waals surface area contributed by atoms with Crippen molar-refractivity contribution in [3.05, 3.63) is 96.3 Å². The lowest BCUT2D eigenvalue weighted by Crippen LogP contribution is -2.04. The topological polar surface area (TPSA) is 9.86 Å². The van der Waals surface area contributed by atoms with Gasteiger partial charge in [0.2, 0.25) is 0 Å². The minimum Gasteiger partial charge on any atom is -0.351 e. The van der Waals surface area contributed by atoms with Crippen LogP contribution in [0.4, 0.5) is 0 Å². The second-order valence-electron chi connectivity index (χ2n) is 6.47. The zero-order valence-electron chi connectivity index (χ0n) is 14.7. The average Bonchev–Trinajstić information content (AvgIpc) is 3.21. The molecule has 0 N–H and O–H groups in total. The molecular formula is C23H22N2. The van der Waals surface area contributed by atoms with E-state index < -0.39 is 0 Å². The molecule has 0 bridgehead atoms. The molecule has 25 heavy (non-hydrogen) atoms. The summed E-state index contributed by atoms with van der Waals surface area (Å²) in [6.07, 6.45) is 2.10. The first-order valence-corrected chi connectivity index (χ1v) is 8.65. The quantitative estimate of drug-likeness (QED) is 0.467. The van der Waals surface area contributed by atoms with Gasteiger partial charge in [0.1, 0.15) is 0 Å². The van der Waals surface area contributed by atoms with Crippen molar-refractivity contribution in [2.45, 2.75) is 13.5 Å². The fourth-order valence-corrected chi connectivity index (χ4v) is 3.46. The summed E-state index contributed by atoms with van der Waals surface area (Å²) in [5.74, 6) is 0. The van der Waals surface area contributed by atoms with Crippen LogP contribution in [0.2, 0.25) is 0 Å². The molecule has 2 nitrogen and oxygen atoms in total. The van der Waals surface area contributed by atoms with E-state index in [9.17, 15) is 0 Å². The largest absolute Gasteiger partial charge is 0.351 e. The van der Waals surface area contributed by atoms with Gasteiger partial charge >= 0.3 is 0 Å². The average molecular weight is 326 g/mol. The molecular weight excluding hydrogens is 304 g/mol. The van der Waals surface area contributed by atoms with Gasteiger partial charge in [-0.2, -0.15) is 0 Å². The molecule has 2 heterocycles. The highest BCUT2D eigenvalue weighted by atomic mass is 15.0. The molecule has 4 aromatic rings. The SMILES string of the molecule is Cc1c(-c2cccn2C)cc(-c2ccccc2)n1Cc1ccccc1. The fourth-order valence-electron chi connectivity index (χ4n) is 3.46. The first-order chi connectivity index (χ1) is 12.2. The number of aryl methyl sites for hydroxylation is 1. The van der Waals surface area contributed by atoms with Crippen LogP contribution in [0.5, 0.6) is 0 Å². The molecule has 0 atom stereocenters. The smallest absolute Gasteiger partial charge is 0.0496 e. The molecule has 0 aliphatic carbocycles. The molecule has 0 aliphatic rings. The van der Waals surface area contributed by atoms with E-state index in [0.29, 0.717) is 0 Å². The highest BCUT2D eigenvalue weighted by Crippen LogP contribution is 2.33. The molecule has 0 aliphatic heterocycles. The number of aromatic nitrogens is 2. The van der Waals surface area contributed by atoms with Gasteiger partial charge in [-0.25, -0.2) is 0 Å². The summed E-state index contributed by atoms with van der Waals surface area (Å²) in [5, 5.41) is 0. The molecule has 2 aromatic heterocycles. The molecule has 0 saturated heterocycles. The Balaban J connectivity index is 1.88. The van der Waals surface area contributed by atoms with Crippen molar-refractivity contribution in [3.8, 4) is 22.5 Å². The van der Waals surface area contributed by atoms with Crippen LogP contribution in [0.3, 0.4) is 0 Å².